The molecule has 1 fully saturated rings. The Morgan fingerprint density at radius 3 is 2.70 bits per heavy atom. The van der Waals surface area contributed by atoms with Crippen molar-refractivity contribution in [3.63, 3.8) is 0 Å². The second-order valence-corrected chi connectivity index (χ2v) is 6.74. The highest BCUT2D eigenvalue weighted by Gasteiger charge is 2.33. The molecule has 1 aromatic rings. The van der Waals surface area contributed by atoms with Crippen molar-refractivity contribution in [1.82, 2.24) is 0 Å². The molecule has 2 N–H and O–H groups in total. The minimum absolute atomic E-state index is 0.00242. The summed E-state index contributed by atoms with van der Waals surface area (Å²) in [5, 5.41) is 0.103. The molecule has 2 aliphatic rings. The molecule has 1 aliphatic carbocycles. The molecule has 0 amide bonds. The summed E-state index contributed by atoms with van der Waals surface area (Å²) in [7, 11) is -1.29. The minimum Gasteiger partial charge on any atom is -0.376 e. The fourth-order valence-electron chi connectivity index (χ4n) is 2.19. The SMILES string of the molecule is NC(=NC1=N[C@H](c2ccccc2)C[C@@H]1F)[S@@](=O)C1CC1. The molecular formula is C14H16FN3OS. The Balaban J connectivity index is 1.79. The van der Waals surface area contributed by atoms with E-state index in [4.69, 9.17) is 5.73 Å². The maximum Gasteiger partial charge on any atom is 0.191 e. The molecule has 0 radical (unpaired) electrons. The van der Waals surface area contributed by atoms with Crippen LogP contribution in [0.2, 0.25) is 0 Å². The van der Waals surface area contributed by atoms with Crippen LogP contribution in [0.15, 0.2) is 40.3 Å². The van der Waals surface area contributed by atoms with E-state index in [1.54, 1.807) is 0 Å². The average molecular weight is 293 g/mol. The van der Waals surface area contributed by atoms with E-state index in [9.17, 15) is 8.60 Å². The molecule has 0 aromatic heterocycles. The van der Waals surface area contributed by atoms with Gasteiger partial charge in [0.15, 0.2) is 17.2 Å². The first-order valence-corrected chi connectivity index (χ1v) is 7.88. The zero-order valence-corrected chi connectivity index (χ0v) is 11.7. The van der Waals surface area contributed by atoms with Gasteiger partial charge in [-0.3, -0.25) is 9.20 Å². The molecule has 0 saturated heterocycles. The fourth-order valence-corrected chi connectivity index (χ4v) is 3.28. The minimum atomic E-state index is -1.29. The van der Waals surface area contributed by atoms with Gasteiger partial charge in [-0.1, -0.05) is 30.3 Å². The van der Waals surface area contributed by atoms with Crippen LogP contribution in [0, 0.1) is 0 Å². The number of nitrogens with two attached hydrogens (primary N) is 1. The molecule has 1 saturated carbocycles. The lowest BCUT2D eigenvalue weighted by molar-refractivity contribution is 0.400. The predicted octanol–water partition coefficient (Wildman–Crippen LogP) is 2.09. The van der Waals surface area contributed by atoms with Crippen LogP contribution in [0.5, 0.6) is 0 Å². The Hall–Kier alpha value is -1.56. The number of alkyl halides is 1. The lowest BCUT2D eigenvalue weighted by Gasteiger charge is -2.05. The van der Waals surface area contributed by atoms with Crippen LogP contribution < -0.4 is 5.73 Å². The molecule has 1 aromatic carbocycles. The standard InChI is InChI=1S/C14H16FN3OS/c15-11-8-12(9-4-2-1-3-5-9)17-13(11)18-14(16)20(19)10-6-7-10/h1-5,10-12H,6-8H2,(H2,16,17,18)/t11-,12-,20-/m0/s1. The number of hydrogen-bond acceptors (Lipinski definition) is 3. The van der Waals surface area contributed by atoms with Crippen LogP contribution >= 0.6 is 0 Å². The Morgan fingerprint density at radius 1 is 1.35 bits per heavy atom. The number of amidine groups is 2. The Morgan fingerprint density at radius 2 is 2.05 bits per heavy atom. The van der Waals surface area contributed by atoms with Crippen molar-refractivity contribution in [3.8, 4) is 0 Å². The summed E-state index contributed by atoms with van der Waals surface area (Å²) in [6, 6.07) is 9.31. The maximum absolute atomic E-state index is 14.0. The van der Waals surface area contributed by atoms with Gasteiger partial charge < -0.3 is 5.73 Å². The number of benzene rings is 1. The van der Waals surface area contributed by atoms with Crippen LogP contribution in [0.3, 0.4) is 0 Å². The molecule has 106 valence electrons. The van der Waals surface area contributed by atoms with Gasteiger partial charge in [-0.2, -0.15) is 0 Å². The molecule has 0 spiro atoms. The Labute approximate surface area is 119 Å². The van der Waals surface area contributed by atoms with Crippen molar-refractivity contribution in [2.75, 3.05) is 0 Å². The summed E-state index contributed by atoms with van der Waals surface area (Å²) in [6.45, 7) is 0. The predicted molar refractivity (Wildman–Crippen MR) is 78.9 cm³/mol. The van der Waals surface area contributed by atoms with Crippen molar-refractivity contribution in [3.05, 3.63) is 35.9 Å². The molecule has 4 nitrogen and oxygen atoms in total. The smallest absolute Gasteiger partial charge is 0.191 e. The Kier molecular flexibility index (Phi) is 3.65. The van der Waals surface area contributed by atoms with Crippen molar-refractivity contribution < 1.29 is 8.60 Å². The van der Waals surface area contributed by atoms with E-state index in [0.717, 1.165) is 18.4 Å². The van der Waals surface area contributed by atoms with Crippen molar-refractivity contribution in [2.45, 2.75) is 36.7 Å². The highest BCUT2D eigenvalue weighted by molar-refractivity contribution is 8.01. The molecule has 20 heavy (non-hydrogen) atoms. The molecule has 3 atom stereocenters. The van der Waals surface area contributed by atoms with Gasteiger partial charge in [0.1, 0.15) is 0 Å². The quantitative estimate of drug-likeness (QED) is 0.670. The van der Waals surface area contributed by atoms with E-state index >= 15 is 0 Å². The summed E-state index contributed by atoms with van der Waals surface area (Å²) in [5.74, 6) is 0.0744. The molecule has 6 heteroatoms. The normalized spacial score (nSPS) is 28.2. The lowest BCUT2D eigenvalue weighted by Crippen LogP contribution is -2.24. The number of aliphatic imine (C=N–C) groups is 2. The monoisotopic (exact) mass is 293 g/mol. The molecule has 0 bridgehead atoms. The summed E-state index contributed by atoms with van der Waals surface area (Å²) in [4.78, 5) is 8.24. The van der Waals surface area contributed by atoms with Crippen LogP contribution in [-0.4, -0.2) is 26.6 Å². The topological polar surface area (TPSA) is 67.8 Å². The third-order valence-electron chi connectivity index (χ3n) is 3.44. The second kappa shape index (κ2) is 5.44. The summed E-state index contributed by atoms with van der Waals surface area (Å²) in [6.07, 6.45) is 0.837. The Bertz CT molecular complexity index is 583. The van der Waals surface area contributed by atoms with E-state index in [1.807, 2.05) is 30.3 Å². The van der Waals surface area contributed by atoms with Crippen molar-refractivity contribution >= 4 is 21.8 Å². The highest BCUT2D eigenvalue weighted by atomic mass is 32.2. The van der Waals surface area contributed by atoms with Crippen molar-refractivity contribution in [2.24, 2.45) is 15.7 Å². The van der Waals surface area contributed by atoms with Crippen LogP contribution in [0.4, 0.5) is 4.39 Å². The van der Waals surface area contributed by atoms with Gasteiger partial charge in [-0.15, -0.1) is 0 Å². The van der Waals surface area contributed by atoms with Crippen LogP contribution in [0.25, 0.3) is 0 Å². The number of rotatable bonds is 2. The molecule has 1 aliphatic heterocycles. The van der Waals surface area contributed by atoms with Crippen molar-refractivity contribution in [1.29, 1.82) is 0 Å². The van der Waals surface area contributed by atoms with Crippen LogP contribution in [-0.2, 0) is 10.8 Å². The summed E-state index contributed by atoms with van der Waals surface area (Å²) in [5.41, 5.74) is 6.65. The first-order chi connectivity index (χ1) is 9.65. The van der Waals surface area contributed by atoms with Crippen LogP contribution in [0.1, 0.15) is 30.9 Å². The summed E-state index contributed by atoms with van der Waals surface area (Å²) < 4.78 is 25.8. The number of nitrogens with zero attached hydrogens (tertiary/aromatic N) is 2. The average Bonchev–Trinajstić information content (AvgIpc) is 3.24. The van der Waals surface area contributed by atoms with Gasteiger partial charge in [0, 0.05) is 11.7 Å². The maximum atomic E-state index is 14.0. The van der Waals surface area contributed by atoms with E-state index in [1.165, 1.54) is 0 Å². The highest BCUT2D eigenvalue weighted by Crippen LogP contribution is 2.31. The number of halogens is 1. The lowest BCUT2D eigenvalue weighted by atomic mass is 10.0. The fraction of sp³-hybridized carbons (Fsp3) is 0.429. The molecule has 0 unspecified atom stereocenters. The molecular weight excluding hydrogens is 277 g/mol. The molecule has 3 rings (SSSR count). The van der Waals surface area contributed by atoms with Gasteiger partial charge in [0.2, 0.25) is 0 Å². The largest absolute Gasteiger partial charge is 0.376 e. The number of hydrogen-bond donors (Lipinski definition) is 1. The molecule has 1 heterocycles. The van der Waals surface area contributed by atoms with E-state index in [-0.39, 0.29) is 28.7 Å². The second-order valence-electron chi connectivity index (χ2n) is 5.06. The summed E-state index contributed by atoms with van der Waals surface area (Å²) >= 11 is 0. The van der Waals surface area contributed by atoms with E-state index < -0.39 is 17.0 Å². The van der Waals surface area contributed by atoms with Gasteiger partial charge >= 0.3 is 0 Å². The van der Waals surface area contributed by atoms with E-state index in [0.29, 0.717) is 0 Å². The zero-order valence-electron chi connectivity index (χ0n) is 10.9. The van der Waals surface area contributed by atoms with Gasteiger partial charge in [-0.25, -0.2) is 9.38 Å². The third kappa shape index (κ3) is 2.80. The first-order valence-electron chi connectivity index (χ1n) is 6.66. The first kappa shape index (κ1) is 13.4. The zero-order chi connectivity index (χ0) is 14.1. The van der Waals surface area contributed by atoms with E-state index in [2.05, 4.69) is 9.98 Å². The van der Waals surface area contributed by atoms with Gasteiger partial charge in [0.05, 0.1) is 16.8 Å². The van der Waals surface area contributed by atoms with Gasteiger partial charge in [0.25, 0.3) is 0 Å². The third-order valence-corrected chi connectivity index (χ3v) is 5.02. The van der Waals surface area contributed by atoms with Gasteiger partial charge in [-0.05, 0) is 18.4 Å².